The van der Waals surface area contributed by atoms with Crippen LogP contribution in [0.25, 0.3) is 11.1 Å². The van der Waals surface area contributed by atoms with Gasteiger partial charge in [0.15, 0.2) is 0 Å². The van der Waals surface area contributed by atoms with Gasteiger partial charge in [-0.25, -0.2) is 0 Å². The molecule has 0 fully saturated rings. The van der Waals surface area contributed by atoms with Crippen molar-refractivity contribution in [2.75, 3.05) is 0 Å². The fraction of sp³-hybridized carbons (Fsp3) is 0.182. The summed E-state index contributed by atoms with van der Waals surface area (Å²) in [5.74, 6) is 0.548. The van der Waals surface area contributed by atoms with Gasteiger partial charge in [-0.1, -0.05) is 91.3 Å². The van der Waals surface area contributed by atoms with Crippen LogP contribution in [-0.2, 0) is 6.42 Å². The average Bonchev–Trinajstić information content (AvgIpc) is 2.57. The Morgan fingerprint density at radius 2 is 1.23 bits per heavy atom. The van der Waals surface area contributed by atoms with Crippen LogP contribution in [0.4, 0.5) is 0 Å². The minimum Gasteiger partial charge on any atom is -0.0622 e. The maximum absolute atomic E-state index is 2.29. The van der Waals surface area contributed by atoms with Crippen molar-refractivity contribution in [3.8, 4) is 11.1 Å². The van der Waals surface area contributed by atoms with E-state index < -0.39 is 0 Å². The van der Waals surface area contributed by atoms with Crippen molar-refractivity contribution in [1.29, 1.82) is 0 Å². The maximum atomic E-state index is 2.29. The summed E-state index contributed by atoms with van der Waals surface area (Å²) in [5.41, 5.74) is 6.68. The third kappa shape index (κ3) is 3.46. The number of benzene rings is 3. The smallest absolute Gasteiger partial charge is 0.0150 e. The number of hydrogen-bond acceptors (Lipinski definition) is 0. The molecule has 0 heterocycles. The SMILES string of the molecule is Cc1ccc(-c2ccc(C[C@@H](C)c3ccccc3)cc2)cc1. The van der Waals surface area contributed by atoms with Gasteiger partial charge in [0.1, 0.15) is 0 Å². The molecule has 0 nitrogen and oxygen atoms in total. The van der Waals surface area contributed by atoms with Crippen molar-refractivity contribution in [2.45, 2.75) is 26.2 Å². The van der Waals surface area contributed by atoms with Crippen molar-refractivity contribution >= 4 is 0 Å². The Morgan fingerprint density at radius 1 is 0.682 bits per heavy atom. The van der Waals surface area contributed by atoms with Gasteiger partial charge >= 0.3 is 0 Å². The highest BCUT2D eigenvalue weighted by Gasteiger charge is 2.06. The molecule has 0 saturated carbocycles. The molecule has 0 spiro atoms. The molecule has 0 N–H and O–H groups in total. The van der Waals surface area contributed by atoms with Gasteiger partial charge in [-0.05, 0) is 41.5 Å². The monoisotopic (exact) mass is 286 g/mol. The van der Waals surface area contributed by atoms with Crippen LogP contribution < -0.4 is 0 Å². The summed E-state index contributed by atoms with van der Waals surface area (Å²) in [5, 5.41) is 0. The van der Waals surface area contributed by atoms with Crippen LogP contribution in [0.5, 0.6) is 0 Å². The summed E-state index contributed by atoms with van der Waals surface area (Å²) >= 11 is 0. The normalized spacial score (nSPS) is 12.1. The quantitative estimate of drug-likeness (QED) is 0.551. The largest absolute Gasteiger partial charge is 0.0622 e. The molecule has 1 atom stereocenters. The Kier molecular flexibility index (Phi) is 4.39. The predicted molar refractivity (Wildman–Crippen MR) is 95.2 cm³/mol. The van der Waals surface area contributed by atoms with Crippen LogP contribution in [0, 0.1) is 6.92 Å². The van der Waals surface area contributed by atoms with Crippen molar-refractivity contribution < 1.29 is 0 Å². The second-order valence-corrected chi connectivity index (χ2v) is 6.08. The lowest BCUT2D eigenvalue weighted by molar-refractivity contribution is 0.759. The lowest BCUT2D eigenvalue weighted by Crippen LogP contribution is -1.98. The van der Waals surface area contributed by atoms with E-state index in [0.717, 1.165) is 6.42 Å². The molecule has 0 bridgehead atoms. The highest BCUT2D eigenvalue weighted by molar-refractivity contribution is 5.63. The van der Waals surface area contributed by atoms with E-state index >= 15 is 0 Å². The van der Waals surface area contributed by atoms with E-state index in [2.05, 4.69) is 92.7 Å². The minimum absolute atomic E-state index is 0.548. The second-order valence-electron chi connectivity index (χ2n) is 6.08. The second kappa shape index (κ2) is 6.62. The van der Waals surface area contributed by atoms with Gasteiger partial charge < -0.3 is 0 Å². The third-order valence-electron chi connectivity index (χ3n) is 4.25. The van der Waals surface area contributed by atoms with Gasteiger partial charge in [0.05, 0.1) is 0 Å². The molecule has 0 heteroatoms. The molecule has 0 aromatic heterocycles. The van der Waals surface area contributed by atoms with Gasteiger partial charge in [-0.15, -0.1) is 0 Å². The van der Waals surface area contributed by atoms with E-state index in [-0.39, 0.29) is 0 Å². The Morgan fingerprint density at radius 3 is 1.82 bits per heavy atom. The Balaban J connectivity index is 1.73. The zero-order valence-electron chi connectivity index (χ0n) is 13.3. The highest BCUT2D eigenvalue weighted by Crippen LogP contribution is 2.24. The molecule has 110 valence electrons. The lowest BCUT2D eigenvalue weighted by atomic mass is 9.93. The van der Waals surface area contributed by atoms with Crippen molar-refractivity contribution in [1.82, 2.24) is 0 Å². The summed E-state index contributed by atoms with van der Waals surface area (Å²) in [6, 6.07) is 28.4. The van der Waals surface area contributed by atoms with E-state index in [4.69, 9.17) is 0 Å². The molecule has 22 heavy (non-hydrogen) atoms. The lowest BCUT2D eigenvalue weighted by Gasteiger charge is -2.12. The molecular weight excluding hydrogens is 264 g/mol. The average molecular weight is 286 g/mol. The van der Waals surface area contributed by atoms with Crippen molar-refractivity contribution in [3.05, 3.63) is 95.6 Å². The van der Waals surface area contributed by atoms with E-state index in [9.17, 15) is 0 Å². The topological polar surface area (TPSA) is 0 Å². The molecular formula is C22H22. The zero-order valence-corrected chi connectivity index (χ0v) is 13.3. The summed E-state index contributed by atoms with van der Waals surface area (Å²) in [6.07, 6.45) is 1.08. The molecule has 0 unspecified atom stereocenters. The van der Waals surface area contributed by atoms with Gasteiger partial charge in [-0.2, -0.15) is 0 Å². The summed E-state index contributed by atoms with van der Waals surface area (Å²) in [6.45, 7) is 4.42. The summed E-state index contributed by atoms with van der Waals surface area (Å²) < 4.78 is 0. The van der Waals surface area contributed by atoms with Gasteiger partial charge in [0.2, 0.25) is 0 Å². The minimum atomic E-state index is 0.548. The first-order valence-corrected chi connectivity index (χ1v) is 7.93. The molecule has 0 radical (unpaired) electrons. The Labute approximate surface area is 133 Å². The maximum Gasteiger partial charge on any atom is -0.0150 e. The van der Waals surface area contributed by atoms with Gasteiger partial charge in [0, 0.05) is 0 Å². The van der Waals surface area contributed by atoms with Crippen molar-refractivity contribution in [3.63, 3.8) is 0 Å². The van der Waals surface area contributed by atoms with E-state index in [1.807, 2.05) is 0 Å². The van der Waals surface area contributed by atoms with Crippen LogP contribution in [0.15, 0.2) is 78.9 Å². The van der Waals surface area contributed by atoms with Crippen LogP contribution in [0.3, 0.4) is 0 Å². The molecule has 3 rings (SSSR count). The first-order valence-electron chi connectivity index (χ1n) is 7.93. The van der Waals surface area contributed by atoms with Gasteiger partial charge in [0.25, 0.3) is 0 Å². The highest BCUT2D eigenvalue weighted by atomic mass is 14.1. The molecule has 0 aliphatic rings. The zero-order chi connectivity index (χ0) is 15.4. The fourth-order valence-corrected chi connectivity index (χ4v) is 2.83. The summed E-state index contributed by atoms with van der Waals surface area (Å²) in [4.78, 5) is 0. The van der Waals surface area contributed by atoms with E-state index in [1.54, 1.807) is 0 Å². The van der Waals surface area contributed by atoms with Crippen LogP contribution >= 0.6 is 0 Å². The van der Waals surface area contributed by atoms with Crippen LogP contribution in [0.1, 0.15) is 29.5 Å². The van der Waals surface area contributed by atoms with Crippen LogP contribution in [0.2, 0.25) is 0 Å². The molecule has 0 aliphatic heterocycles. The summed E-state index contributed by atoms with van der Waals surface area (Å²) in [7, 11) is 0. The molecule has 3 aromatic rings. The molecule has 0 aliphatic carbocycles. The molecule has 0 amide bonds. The Bertz CT molecular complexity index is 706. The molecule has 0 saturated heterocycles. The first kappa shape index (κ1) is 14.6. The number of hydrogen-bond donors (Lipinski definition) is 0. The number of aryl methyl sites for hydroxylation is 1. The fourth-order valence-electron chi connectivity index (χ4n) is 2.83. The van der Waals surface area contributed by atoms with E-state index in [0.29, 0.717) is 5.92 Å². The standard InChI is InChI=1S/C22H22/c1-17-8-12-21(13-9-17)22-14-10-19(11-15-22)16-18(2)20-6-4-3-5-7-20/h3-15,18H,16H2,1-2H3/t18-/m1/s1. The van der Waals surface area contributed by atoms with Crippen LogP contribution in [-0.4, -0.2) is 0 Å². The predicted octanol–water partition coefficient (Wildman–Crippen LogP) is 6.01. The Hall–Kier alpha value is -2.34. The van der Waals surface area contributed by atoms with Gasteiger partial charge in [-0.3, -0.25) is 0 Å². The first-order chi connectivity index (χ1) is 10.7. The van der Waals surface area contributed by atoms with Crippen molar-refractivity contribution in [2.24, 2.45) is 0 Å². The molecule has 3 aromatic carbocycles. The third-order valence-corrected chi connectivity index (χ3v) is 4.25. The van der Waals surface area contributed by atoms with E-state index in [1.165, 1.54) is 27.8 Å². The number of rotatable bonds is 4.